The minimum Gasteiger partial charge on any atom is -0.465 e. The van der Waals surface area contributed by atoms with Gasteiger partial charge in [0.15, 0.2) is 0 Å². The van der Waals surface area contributed by atoms with Crippen LogP contribution in [-0.2, 0) is 4.74 Å². The fourth-order valence-corrected chi connectivity index (χ4v) is 0.889. The highest BCUT2D eigenvalue weighted by Crippen LogP contribution is 2.04. The molecule has 0 aliphatic heterocycles. The van der Waals surface area contributed by atoms with Crippen molar-refractivity contribution >= 4 is 11.9 Å². The number of carbonyl (C=O) groups is 2. The lowest BCUT2D eigenvalue weighted by atomic mass is 10.1. The van der Waals surface area contributed by atoms with Crippen molar-refractivity contribution in [3.8, 4) is 0 Å². The zero-order valence-corrected chi connectivity index (χ0v) is 7.53. The van der Waals surface area contributed by atoms with Crippen LogP contribution in [0.5, 0.6) is 0 Å². The fourth-order valence-electron chi connectivity index (χ4n) is 0.889. The van der Waals surface area contributed by atoms with E-state index in [1.807, 2.05) is 5.43 Å². The highest BCUT2D eigenvalue weighted by Gasteiger charge is 2.07. The number of amides is 1. The lowest BCUT2D eigenvalue weighted by Crippen LogP contribution is -2.30. The van der Waals surface area contributed by atoms with Gasteiger partial charge in [-0.25, -0.2) is 10.6 Å². The highest BCUT2D eigenvalue weighted by molar-refractivity contribution is 5.95. The number of hydrogen-bond donors (Lipinski definition) is 2. The van der Waals surface area contributed by atoms with Crippen molar-refractivity contribution in [2.75, 3.05) is 7.11 Å². The van der Waals surface area contributed by atoms with Crippen LogP contribution in [0, 0.1) is 6.07 Å². The maximum Gasteiger partial charge on any atom is 0.337 e. The Hall–Kier alpha value is -1.88. The van der Waals surface area contributed by atoms with E-state index in [0.29, 0.717) is 5.56 Å². The van der Waals surface area contributed by atoms with Crippen molar-refractivity contribution in [3.05, 3.63) is 35.4 Å². The Bertz CT molecular complexity index is 311. The lowest BCUT2D eigenvalue weighted by molar-refractivity contribution is 0.0600. The fraction of sp³-hybridized carbons (Fsp3) is 0.111. The molecule has 0 aromatic heterocycles. The summed E-state index contributed by atoms with van der Waals surface area (Å²) in [5.41, 5.74) is 2.56. The normalized spacial score (nSPS) is 9.29. The van der Waals surface area contributed by atoms with Crippen molar-refractivity contribution in [1.29, 1.82) is 0 Å². The third-order valence-electron chi connectivity index (χ3n) is 1.61. The number of esters is 1. The van der Waals surface area contributed by atoms with Gasteiger partial charge in [-0.05, 0) is 24.3 Å². The van der Waals surface area contributed by atoms with Crippen LogP contribution in [0.15, 0.2) is 18.2 Å². The largest absolute Gasteiger partial charge is 0.465 e. The quantitative estimate of drug-likeness (QED) is 0.297. The number of carbonyl (C=O) groups excluding carboxylic acids is 2. The molecule has 1 radical (unpaired) electrons. The van der Waals surface area contributed by atoms with Gasteiger partial charge in [-0.15, -0.1) is 0 Å². The van der Waals surface area contributed by atoms with E-state index in [1.165, 1.54) is 25.3 Å². The molecule has 0 saturated carbocycles. The molecule has 0 aliphatic carbocycles. The van der Waals surface area contributed by atoms with Gasteiger partial charge in [0.1, 0.15) is 0 Å². The molecule has 1 aromatic carbocycles. The van der Waals surface area contributed by atoms with Crippen LogP contribution in [0.2, 0.25) is 0 Å². The molecular weight excluding hydrogens is 184 g/mol. The summed E-state index contributed by atoms with van der Waals surface area (Å²) in [6.45, 7) is 0. The SMILES string of the molecule is COC(=O)c1c[c]c(C(=O)NN)cc1. The first kappa shape index (κ1) is 10.2. The van der Waals surface area contributed by atoms with Gasteiger partial charge in [-0.2, -0.15) is 0 Å². The molecule has 1 aromatic rings. The van der Waals surface area contributed by atoms with E-state index in [9.17, 15) is 9.59 Å². The van der Waals surface area contributed by atoms with Gasteiger partial charge in [0.2, 0.25) is 0 Å². The molecule has 14 heavy (non-hydrogen) atoms. The van der Waals surface area contributed by atoms with Gasteiger partial charge >= 0.3 is 5.97 Å². The molecule has 3 N–H and O–H groups in total. The first-order valence-corrected chi connectivity index (χ1v) is 3.80. The lowest BCUT2D eigenvalue weighted by Gasteiger charge is -2.00. The van der Waals surface area contributed by atoms with Crippen LogP contribution >= 0.6 is 0 Å². The number of ether oxygens (including phenoxy) is 1. The average molecular weight is 193 g/mol. The van der Waals surface area contributed by atoms with Crippen molar-refractivity contribution in [2.24, 2.45) is 5.84 Å². The summed E-state index contributed by atoms with van der Waals surface area (Å²) in [5, 5.41) is 0. The molecule has 1 amide bonds. The second-order valence-electron chi connectivity index (χ2n) is 2.46. The minimum atomic E-state index is -0.471. The smallest absolute Gasteiger partial charge is 0.337 e. The topological polar surface area (TPSA) is 81.4 Å². The second-order valence-corrected chi connectivity index (χ2v) is 2.46. The van der Waals surface area contributed by atoms with Crippen molar-refractivity contribution < 1.29 is 14.3 Å². The first-order chi connectivity index (χ1) is 6.69. The summed E-state index contributed by atoms with van der Waals surface area (Å²) in [6, 6.07) is 6.89. The average Bonchev–Trinajstić information content (AvgIpc) is 2.27. The molecule has 0 unspecified atom stereocenters. The Kier molecular flexibility index (Phi) is 3.19. The number of hydrogen-bond acceptors (Lipinski definition) is 4. The van der Waals surface area contributed by atoms with Crippen LogP contribution in [0.25, 0.3) is 0 Å². The molecule has 1 rings (SSSR count). The Balaban J connectivity index is 2.89. The van der Waals surface area contributed by atoms with Gasteiger partial charge in [0.05, 0.1) is 12.7 Å². The summed E-state index contributed by atoms with van der Waals surface area (Å²) >= 11 is 0. The van der Waals surface area contributed by atoms with E-state index in [1.54, 1.807) is 0 Å². The van der Waals surface area contributed by atoms with Crippen molar-refractivity contribution in [1.82, 2.24) is 5.43 Å². The molecule has 0 saturated heterocycles. The van der Waals surface area contributed by atoms with Crippen LogP contribution < -0.4 is 11.3 Å². The van der Waals surface area contributed by atoms with Crippen molar-refractivity contribution in [3.63, 3.8) is 0 Å². The monoisotopic (exact) mass is 193 g/mol. The summed E-state index contributed by atoms with van der Waals surface area (Å²) in [7, 11) is 1.28. The van der Waals surface area contributed by atoms with Crippen molar-refractivity contribution in [2.45, 2.75) is 0 Å². The number of methoxy groups -OCH3 is 1. The Morgan fingerprint density at radius 2 is 2.21 bits per heavy atom. The number of hydrazine groups is 1. The maximum atomic E-state index is 11.0. The van der Waals surface area contributed by atoms with E-state index in [2.05, 4.69) is 10.8 Å². The Labute approximate surface area is 80.8 Å². The standard InChI is InChI=1S/C9H9N2O3/c1-14-9(13)7-4-2-6(3-5-7)8(12)11-10/h2,4-5H,10H2,1H3,(H,11,12). The molecular formula is C9H9N2O3. The van der Waals surface area contributed by atoms with E-state index >= 15 is 0 Å². The highest BCUT2D eigenvalue weighted by atomic mass is 16.5. The van der Waals surface area contributed by atoms with E-state index in [4.69, 9.17) is 5.84 Å². The summed E-state index contributed by atoms with van der Waals surface area (Å²) in [6.07, 6.45) is 0. The molecule has 0 heterocycles. The third kappa shape index (κ3) is 2.08. The van der Waals surface area contributed by atoms with E-state index in [0.717, 1.165) is 0 Å². The van der Waals surface area contributed by atoms with Crippen LogP contribution in [-0.4, -0.2) is 19.0 Å². The van der Waals surface area contributed by atoms with Crippen LogP contribution in [0.3, 0.4) is 0 Å². The Morgan fingerprint density at radius 1 is 1.50 bits per heavy atom. The third-order valence-corrected chi connectivity index (χ3v) is 1.61. The first-order valence-electron chi connectivity index (χ1n) is 3.80. The molecule has 0 fully saturated rings. The molecule has 0 aliphatic rings. The van der Waals surface area contributed by atoms with Gasteiger partial charge in [-0.3, -0.25) is 10.2 Å². The van der Waals surface area contributed by atoms with Gasteiger partial charge in [0.25, 0.3) is 5.91 Å². The van der Waals surface area contributed by atoms with Crippen LogP contribution in [0.1, 0.15) is 20.7 Å². The summed E-state index contributed by atoms with van der Waals surface area (Å²) in [5.74, 6) is 3.99. The number of nitrogens with two attached hydrogens (primary N) is 1. The summed E-state index contributed by atoms with van der Waals surface area (Å²) < 4.78 is 4.48. The number of nitrogens with one attached hydrogen (secondary N) is 1. The number of nitrogen functional groups attached to an aromatic ring is 1. The molecule has 0 atom stereocenters. The molecule has 0 spiro atoms. The zero-order chi connectivity index (χ0) is 10.6. The number of rotatable bonds is 2. The predicted octanol–water partition coefficient (Wildman–Crippen LogP) is -0.123. The zero-order valence-electron chi connectivity index (χ0n) is 7.53. The maximum absolute atomic E-state index is 11.0. The minimum absolute atomic E-state index is 0.264. The summed E-state index contributed by atoms with van der Waals surface area (Å²) in [4.78, 5) is 22.0. The molecule has 5 heteroatoms. The molecule has 5 nitrogen and oxygen atoms in total. The molecule has 0 bridgehead atoms. The number of benzene rings is 1. The van der Waals surface area contributed by atoms with Gasteiger partial charge in [-0.1, -0.05) is 0 Å². The predicted molar refractivity (Wildman–Crippen MR) is 48.3 cm³/mol. The van der Waals surface area contributed by atoms with E-state index in [-0.39, 0.29) is 5.56 Å². The van der Waals surface area contributed by atoms with Crippen LogP contribution in [0.4, 0.5) is 0 Å². The Morgan fingerprint density at radius 3 is 2.64 bits per heavy atom. The van der Waals surface area contributed by atoms with E-state index < -0.39 is 11.9 Å². The van der Waals surface area contributed by atoms with Gasteiger partial charge in [0, 0.05) is 5.56 Å². The second kappa shape index (κ2) is 4.38. The van der Waals surface area contributed by atoms with Gasteiger partial charge < -0.3 is 4.74 Å². The molecule has 73 valence electrons.